The fourth-order valence-corrected chi connectivity index (χ4v) is 2.97. The highest BCUT2D eigenvalue weighted by Gasteiger charge is 2.10. The number of ether oxygens (including phenoxy) is 1. The molecule has 122 valence electrons. The Hall–Kier alpha value is -0.690. The van der Waals surface area contributed by atoms with Crippen LogP contribution in [0.5, 0.6) is 10.9 Å². The van der Waals surface area contributed by atoms with E-state index in [2.05, 4.69) is 70.1 Å². The average molecular weight is 407 g/mol. The molecule has 0 atom stereocenters. The van der Waals surface area contributed by atoms with Gasteiger partial charge in [0.2, 0.25) is 4.73 Å². The first-order valence-corrected chi connectivity index (χ1v) is 8.52. The van der Waals surface area contributed by atoms with Crippen molar-refractivity contribution in [3.05, 3.63) is 33.6 Å². The van der Waals surface area contributed by atoms with Crippen LogP contribution in [0.25, 0.3) is 0 Å². The van der Waals surface area contributed by atoms with Crippen LogP contribution in [0.2, 0.25) is 0 Å². The Kier molecular flexibility index (Phi) is 7.76. The number of halogens is 2. The van der Waals surface area contributed by atoms with Crippen LogP contribution in [0.15, 0.2) is 16.9 Å². The van der Waals surface area contributed by atoms with Gasteiger partial charge in [-0.1, -0.05) is 13.0 Å². The molecule has 0 fully saturated rings. The smallest absolute Gasteiger partial charge is 0.299 e. The van der Waals surface area contributed by atoms with Crippen LogP contribution >= 0.6 is 39.9 Å². The number of hydrogen-bond donors (Lipinski definition) is 0. The van der Waals surface area contributed by atoms with Crippen molar-refractivity contribution in [2.75, 3.05) is 20.1 Å². The van der Waals surface area contributed by atoms with Gasteiger partial charge in [-0.05, 0) is 72.5 Å². The van der Waals surface area contributed by atoms with Gasteiger partial charge >= 0.3 is 0 Å². The minimum atomic E-state index is 0. The van der Waals surface area contributed by atoms with Gasteiger partial charge in [-0.2, -0.15) is 9.36 Å². The maximum atomic E-state index is 5.82. The molecule has 22 heavy (non-hydrogen) atoms. The van der Waals surface area contributed by atoms with Crippen LogP contribution in [0, 0.1) is 13.8 Å². The summed E-state index contributed by atoms with van der Waals surface area (Å²) in [5.41, 5.74) is 3.75. The van der Waals surface area contributed by atoms with Crippen LogP contribution in [-0.4, -0.2) is 34.4 Å². The lowest BCUT2D eigenvalue weighted by atomic mass is 10.0. The lowest BCUT2D eigenvalue weighted by Gasteiger charge is -2.16. The Labute approximate surface area is 150 Å². The predicted molar refractivity (Wildman–Crippen MR) is 97.7 cm³/mol. The Bertz CT molecular complexity index is 621. The van der Waals surface area contributed by atoms with Crippen LogP contribution in [0.1, 0.15) is 23.6 Å². The predicted octanol–water partition coefficient (Wildman–Crippen LogP) is 4.63. The van der Waals surface area contributed by atoms with Gasteiger partial charge in [0.1, 0.15) is 5.75 Å². The fraction of sp³-hybridized carbons (Fsp3) is 0.467. The van der Waals surface area contributed by atoms with E-state index >= 15 is 0 Å². The van der Waals surface area contributed by atoms with Crippen LogP contribution in [-0.2, 0) is 6.42 Å². The maximum absolute atomic E-state index is 5.82. The van der Waals surface area contributed by atoms with Gasteiger partial charge in [0.15, 0.2) is 0 Å². The zero-order chi connectivity index (χ0) is 15.4. The summed E-state index contributed by atoms with van der Waals surface area (Å²) >= 11 is 4.48. The number of nitrogens with zero attached hydrogens (tertiary/aromatic N) is 3. The van der Waals surface area contributed by atoms with E-state index in [9.17, 15) is 0 Å². The van der Waals surface area contributed by atoms with Crippen molar-refractivity contribution in [2.45, 2.75) is 27.2 Å². The summed E-state index contributed by atoms with van der Waals surface area (Å²) in [5, 5.41) is 0.558. The second-order valence-corrected chi connectivity index (χ2v) is 6.55. The van der Waals surface area contributed by atoms with Crippen molar-refractivity contribution in [3.63, 3.8) is 0 Å². The van der Waals surface area contributed by atoms with Crippen LogP contribution in [0.3, 0.4) is 0 Å². The third-order valence-corrected chi connectivity index (χ3v) is 4.70. The molecule has 1 aromatic heterocycles. The minimum Gasteiger partial charge on any atom is -0.430 e. The summed E-state index contributed by atoms with van der Waals surface area (Å²) in [4.78, 5) is 6.48. The molecule has 0 bridgehead atoms. The molecule has 4 nitrogen and oxygen atoms in total. The SMILES string of the molecule is CCN(C)CCc1cc(C)c(Oc2nc(Br)ns2)cc1C.Cl. The Morgan fingerprint density at radius 2 is 2.00 bits per heavy atom. The van der Waals surface area contributed by atoms with Crippen molar-refractivity contribution in [1.29, 1.82) is 0 Å². The molecule has 0 N–H and O–H groups in total. The average Bonchev–Trinajstić information content (AvgIpc) is 2.86. The number of benzene rings is 1. The van der Waals surface area contributed by atoms with E-state index in [1.807, 2.05) is 0 Å². The quantitative estimate of drug-likeness (QED) is 0.701. The van der Waals surface area contributed by atoms with Crippen molar-refractivity contribution >= 4 is 39.9 Å². The molecular weight excluding hydrogens is 386 g/mol. The van der Waals surface area contributed by atoms with Crippen molar-refractivity contribution in [1.82, 2.24) is 14.3 Å². The standard InChI is InChI=1S/C15H20BrN3OS.ClH/c1-5-19(4)7-6-12-8-11(3)13(9-10(12)2)20-15-17-14(16)18-21-15;/h8-9H,5-7H2,1-4H3;1H. The Balaban J connectivity index is 0.00000242. The molecular formula is C15H21BrClN3OS. The first-order chi connectivity index (χ1) is 9.99. The van der Waals surface area contributed by atoms with E-state index in [4.69, 9.17) is 4.74 Å². The lowest BCUT2D eigenvalue weighted by Crippen LogP contribution is -2.20. The number of rotatable bonds is 6. The van der Waals surface area contributed by atoms with E-state index in [0.29, 0.717) is 9.93 Å². The van der Waals surface area contributed by atoms with E-state index < -0.39 is 0 Å². The lowest BCUT2D eigenvalue weighted by molar-refractivity contribution is 0.357. The largest absolute Gasteiger partial charge is 0.430 e. The summed E-state index contributed by atoms with van der Waals surface area (Å²) in [6.07, 6.45) is 1.06. The topological polar surface area (TPSA) is 38.2 Å². The fourth-order valence-electron chi connectivity index (χ4n) is 2.03. The summed E-state index contributed by atoms with van der Waals surface area (Å²) in [5.74, 6) is 0.851. The maximum Gasteiger partial charge on any atom is 0.299 e. The van der Waals surface area contributed by atoms with Gasteiger partial charge in [0.25, 0.3) is 5.19 Å². The second-order valence-electron chi connectivity index (χ2n) is 5.12. The molecule has 1 aromatic carbocycles. The zero-order valence-corrected chi connectivity index (χ0v) is 16.4. The normalized spacial score (nSPS) is 10.6. The van der Waals surface area contributed by atoms with Gasteiger partial charge in [0, 0.05) is 18.1 Å². The van der Waals surface area contributed by atoms with Gasteiger partial charge in [-0.3, -0.25) is 0 Å². The molecule has 0 spiro atoms. The first kappa shape index (κ1) is 19.4. The summed E-state index contributed by atoms with van der Waals surface area (Å²) in [6, 6.07) is 4.30. The van der Waals surface area contributed by atoms with Gasteiger partial charge in [0.05, 0.1) is 0 Å². The van der Waals surface area contributed by atoms with Gasteiger partial charge < -0.3 is 9.64 Å². The monoisotopic (exact) mass is 405 g/mol. The van der Waals surface area contributed by atoms with E-state index in [1.54, 1.807) is 0 Å². The molecule has 0 saturated carbocycles. The highest BCUT2D eigenvalue weighted by Crippen LogP contribution is 2.29. The molecule has 2 aromatic rings. The molecule has 0 aliphatic carbocycles. The Morgan fingerprint density at radius 3 is 2.59 bits per heavy atom. The summed E-state index contributed by atoms with van der Waals surface area (Å²) in [7, 11) is 2.15. The Morgan fingerprint density at radius 1 is 1.27 bits per heavy atom. The second kappa shape index (κ2) is 8.82. The third kappa shape index (κ3) is 5.19. The van der Waals surface area contributed by atoms with E-state index in [-0.39, 0.29) is 12.4 Å². The number of likely N-dealkylation sites (N-methyl/N-ethyl adjacent to an activating group) is 1. The number of hydrogen-bond acceptors (Lipinski definition) is 5. The number of aromatic nitrogens is 2. The van der Waals surface area contributed by atoms with Crippen LogP contribution in [0.4, 0.5) is 0 Å². The molecule has 0 radical (unpaired) electrons. The molecule has 1 heterocycles. The molecule has 0 aliphatic heterocycles. The molecule has 0 saturated heterocycles. The molecule has 0 amide bonds. The minimum absolute atomic E-state index is 0. The molecule has 0 aliphatic rings. The molecule has 0 unspecified atom stereocenters. The first-order valence-electron chi connectivity index (χ1n) is 6.95. The van der Waals surface area contributed by atoms with E-state index in [0.717, 1.165) is 30.8 Å². The third-order valence-electron chi connectivity index (χ3n) is 3.52. The van der Waals surface area contributed by atoms with Crippen molar-refractivity contribution in [2.24, 2.45) is 0 Å². The van der Waals surface area contributed by atoms with Crippen molar-refractivity contribution < 1.29 is 4.74 Å². The zero-order valence-electron chi connectivity index (χ0n) is 13.2. The van der Waals surface area contributed by atoms with Crippen LogP contribution < -0.4 is 4.74 Å². The highest BCUT2D eigenvalue weighted by atomic mass is 79.9. The molecule has 7 heteroatoms. The number of aryl methyl sites for hydroxylation is 2. The summed E-state index contributed by atoms with van der Waals surface area (Å²) in [6.45, 7) is 8.52. The van der Waals surface area contributed by atoms with Crippen molar-refractivity contribution in [3.8, 4) is 10.9 Å². The molecule has 2 rings (SSSR count). The highest BCUT2D eigenvalue weighted by molar-refractivity contribution is 9.10. The van der Waals surface area contributed by atoms with Gasteiger partial charge in [-0.15, -0.1) is 12.4 Å². The van der Waals surface area contributed by atoms with Gasteiger partial charge in [-0.25, -0.2) is 0 Å². The van der Waals surface area contributed by atoms with E-state index in [1.165, 1.54) is 22.7 Å². The summed E-state index contributed by atoms with van der Waals surface area (Å²) < 4.78 is 10.4.